The number of esters is 1. The number of methoxy groups -OCH3 is 1. The van der Waals surface area contributed by atoms with E-state index in [4.69, 9.17) is 21.1 Å². The van der Waals surface area contributed by atoms with E-state index < -0.39 is 24.5 Å². The third kappa shape index (κ3) is 8.46. The number of fused-ring (bicyclic) bond motifs is 1. The van der Waals surface area contributed by atoms with Gasteiger partial charge in [-0.25, -0.2) is 14.2 Å². The Morgan fingerprint density at radius 2 is 1.84 bits per heavy atom. The Balaban J connectivity index is 0.00000230. The molecular formula is C33H39ClF4N8O3. The van der Waals surface area contributed by atoms with Crippen LogP contribution in [0.25, 0.3) is 0 Å². The lowest BCUT2D eigenvalue weighted by Crippen LogP contribution is -2.51. The predicted molar refractivity (Wildman–Crippen MR) is 177 cm³/mol. The number of rotatable bonds is 10. The molecule has 2 N–H and O–H groups in total. The molecule has 0 saturated carbocycles. The number of hydrogen-bond donors (Lipinski definition) is 1. The number of piperidine rings is 1. The van der Waals surface area contributed by atoms with Crippen LogP contribution in [0.5, 0.6) is 5.88 Å². The summed E-state index contributed by atoms with van der Waals surface area (Å²) in [5.41, 5.74) is 7.25. The number of ether oxygens (including phenoxy) is 2. The monoisotopic (exact) mass is 706 g/mol. The normalized spacial score (nSPS) is 16.7. The second-order valence-corrected chi connectivity index (χ2v) is 12.2. The van der Waals surface area contributed by atoms with E-state index in [2.05, 4.69) is 25.6 Å². The highest BCUT2D eigenvalue weighted by molar-refractivity contribution is 6.30. The van der Waals surface area contributed by atoms with Crippen LogP contribution in [0.4, 0.5) is 28.9 Å². The van der Waals surface area contributed by atoms with Crippen LogP contribution in [0.3, 0.4) is 0 Å². The summed E-state index contributed by atoms with van der Waals surface area (Å²) in [4.78, 5) is 22.8. The summed E-state index contributed by atoms with van der Waals surface area (Å²) in [5, 5.41) is 4.88. The van der Waals surface area contributed by atoms with Crippen LogP contribution >= 0.6 is 11.6 Å². The Kier molecular flexibility index (Phi) is 11.4. The van der Waals surface area contributed by atoms with Crippen LogP contribution in [0.15, 0.2) is 61.2 Å². The summed E-state index contributed by atoms with van der Waals surface area (Å²) in [6.07, 6.45) is 1.53. The Bertz CT molecular complexity index is 1720. The molecule has 264 valence electrons. The predicted octanol–water partition coefficient (Wildman–Crippen LogP) is 5.49. The minimum atomic E-state index is -4.40. The molecule has 49 heavy (non-hydrogen) atoms. The Morgan fingerprint density at radius 3 is 2.53 bits per heavy atom. The van der Waals surface area contributed by atoms with Gasteiger partial charge in [-0.05, 0) is 50.2 Å². The number of aromatic nitrogens is 4. The molecule has 1 fully saturated rings. The fourth-order valence-electron chi connectivity index (χ4n) is 6.22. The first-order valence-corrected chi connectivity index (χ1v) is 16.1. The minimum absolute atomic E-state index is 0.0321. The molecule has 2 aliphatic heterocycles. The molecule has 1 saturated heterocycles. The molecule has 4 heterocycles. The Hall–Kier alpha value is -4.34. The van der Waals surface area contributed by atoms with Crippen molar-refractivity contribution >= 4 is 28.9 Å². The van der Waals surface area contributed by atoms with Gasteiger partial charge in [0.15, 0.2) is 0 Å². The number of imidazole rings is 1. The number of carbonyl (C=O) groups excluding carboxylic acids is 1. The van der Waals surface area contributed by atoms with Crippen molar-refractivity contribution in [1.29, 1.82) is 0 Å². The lowest BCUT2D eigenvalue weighted by Gasteiger charge is -2.38. The highest BCUT2D eigenvalue weighted by Crippen LogP contribution is 2.41. The van der Waals surface area contributed by atoms with Gasteiger partial charge in [0.25, 0.3) is 0 Å². The van der Waals surface area contributed by atoms with Gasteiger partial charge in [-0.3, -0.25) is 9.58 Å². The zero-order valence-electron chi connectivity index (χ0n) is 27.4. The van der Waals surface area contributed by atoms with Gasteiger partial charge in [0.05, 0.1) is 48.7 Å². The van der Waals surface area contributed by atoms with Crippen LogP contribution in [0.1, 0.15) is 40.5 Å². The highest BCUT2D eigenvalue weighted by Gasteiger charge is 2.37. The van der Waals surface area contributed by atoms with E-state index in [1.54, 1.807) is 30.3 Å². The number of nitrogens with two attached hydrogens (primary N) is 1. The first-order valence-electron chi connectivity index (χ1n) is 15.7. The van der Waals surface area contributed by atoms with E-state index in [1.807, 2.05) is 28.9 Å². The van der Waals surface area contributed by atoms with Crippen molar-refractivity contribution in [2.75, 3.05) is 50.6 Å². The molecule has 0 bridgehead atoms. The van der Waals surface area contributed by atoms with E-state index in [0.29, 0.717) is 34.3 Å². The Morgan fingerprint density at radius 1 is 1.08 bits per heavy atom. The molecule has 1 unspecified atom stereocenters. The van der Waals surface area contributed by atoms with Gasteiger partial charge in [0, 0.05) is 55.7 Å². The lowest BCUT2D eigenvalue weighted by atomic mass is 10.1. The second-order valence-electron chi connectivity index (χ2n) is 11.7. The summed E-state index contributed by atoms with van der Waals surface area (Å²) in [6.45, 7) is 1.20. The van der Waals surface area contributed by atoms with Crippen LogP contribution in [-0.4, -0.2) is 83.4 Å². The average Bonchev–Trinajstić information content (AvgIpc) is 3.80. The zero-order chi connectivity index (χ0) is 35.3. The fourth-order valence-corrected chi connectivity index (χ4v) is 6.38. The van der Waals surface area contributed by atoms with Gasteiger partial charge in [0.2, 0.25) is 5.88 Å². The second kappa shape index (κ2) is 15.5. The maximum atomic E-state index is 14.1. The molecule has 2 aromatic carbocycles. The van der Waals surface area contributed by atoms with Gasteiger partial charge in [-0.1, -0.05) is 17.7 Å². The molecule has 4 aromatic rings. The van der Waals surface area contributed by atoms with Crippen molar-refractivity contribution < 1.29 is 31.8 Å². The van der Waals surface area contributed by atoms with Crippen LogP contribution in [-0.2, 0) is 24.4 Å². The van der Waals surface area contributed by atoms with Gasteiger partial charge in [-0.2, -0.15) is 13.2 Å². The number of hydrogen-bond acceptors (Lipinski definition) is 9. The highest BCUT2D eigenvalue weighted by atomic mass is 35.5. The summed E-state index contributed by atoms with van der Waals surface area (Å²) < 4.78 is 67.7. The number of likely N-dealkylation sites (N-methyl/N-ethyl adjacent to an activating group) is 1. The smallest absolute Gasteiger partial charge is 0.406 e. The van der Waals surface area contributed by atoms with Crippen LogP contribution in [0.2, 0.25) is 5.02 Å². The topological polar surface area (TPSA) is 107 Å². The van der Waals surface area contributed by atoms with Gasteiger partial charge >= 0.3 is 12.1 Å². The molecule has 0 radical (unpaired) electrons. The SMILES string of the molecule is CN.COC(=O)c1ccc2c(c1)N(Cc1cncn1CC(F)(F)F)C(CN1CCC(n3ccc(OCc4ccc(Cl)cc4F)n3)CC1)N2C. The average molecular weight is 707 g/mol. The molecule has 2 aliphatic rings. The first kappa shape index (κ1) is 36.0. The largest absolute Gasteiger partial charge is 0.472 e. The molecule has 0 spiro atoms. The summed E-state index contributed by atoms with van der Waals surface area (Å²) in [5.74, 6) is -0.527. The van der Waals surface area contributed by atoms with Crippen molar-refractivity contribution in [3.8, 4) is 5.88 Å². The van der Waals surface area contributed by atoms with Gasteiger partial charge in [-0.15, -0.1) is 5.10 Å². The number of benzene rings is 2. The first-order chi connectivity index (χ1) is 23.5. The number of carbonyl (C=O) groups is 1. The minimum Gasteiger partial charge on any atom is -0.472 e. The van der Waals surface area contributed by atoms with Crippen LogP contribution in [0, 0.1) is 5.82 Å². The number of nitrogens with zero attached hydrogens (tertiary/aromatic N) is 7. The molecule has 16 heteroatoms. The van der Waals surface area contributed by atoms with E-state index in [9.17, 15) is 22.4 Å². The van der Waals surface area contributed by atoms with Gasteiger partial charge in [0.1, 0.15) is 25.1 Å². The number of halogens is 5. The summed E-state index contributed by atoms with van der Waals surface area (Å²) >= 11 is 5.83. The maximum absolute atomic E-state index is 14.1. The molecule has 6 rings (SSSR count). The molecule has 0 aliphatic carbocycles. The molecule has 2 aromatic heterocycles. The summed E-state index contributed by atoms with van der Waals surface area (Å²) in [6, 6.07) is 11.6. The van der Waals surface area contributed by atoms with Crippen LogP contribution < -0.4 is 20.3 Å². The molecule has 11 nitrogen and oxygen atoms in total. The number of alkyl halides is 3. The van der Waals surface area contributed by atoms with Gasteiger partial charge < -0.3 is 29.6 Å². The van der Waals surface area contributed by atoms with Crippen molar-refractivity contribution in [3.05, 3.63) is 88.8 Å². The fraction of sp³-hybridized carbons (Fsp3) is 0.424. The third-order valence-electron chi connectivity index (χ3n) is 8.70. The maximum Gasteiger partial charge on any atom is 0.406 e. The van der Waals surface area contributed by atoms with E-state index in [-0.39, 0.29) is 25.4 Å². The van der Waals surface area contributed by atoms with Crippen molar-refractivity contribution in [2.45, 2.75) is 50.9 Å². The van der Waals surface area contributed by atoms with E-state index in [1.165, 1.54) is 32.7 Å². The quantitative estimate of drug-likeness (QED) is 0.169. The number of likely N-dealkylation sites (tertiary alicyclic amines) is 1. The lowest BCUT2D eigenvalue weighted by molar-refractivity contribution is -0.141. The van der Waals surface area contributed by atoms with E-state index >= 15 is 0 Å². The summed E-state index contributed by atoms with van der Waals surface area (Å²) in [7, 11) is 4.75. The van der Waals surface area contributed by atoms with Crippen molar-refractivity contribution in [2.24, 2.45) is 5.73 Å². The van der Waals surface area contributed by atoms with Crippen molar-refractivity contribution in [3.63, 3.8) is 0 Å². The Labute approximate surface area is 286 Å². The number of anilines is 2. The van der Waals surface area contributed by atoms with E-state index in [0.717, 1.165) is 41.9 Å². The molecule has 0 amide bonds. The third-order valence-corrected chi connectivity index (χ3v) is 8.94. The van der Waals surface area contributed by atoms with Crippen molar-refractivity contribution in [1.82, 2.24) is 24.2 Å². The molecular weight excluding hydrogens is 668 g/mol. The molecule has 1 atom stereocenters. The standard InChI is InChI=1S/C32H34ClF4N7O3.CH5N/c1-40-27-6-4-21(31(45)46-2)13-28(27)43(16-25-15-38-20-42(25)19-32(35,36)37)30(40)17-41-10-7-24(8-11-41)44-12-9-29(39-44)47-18-22-3-5-23(33)14-26(22)34;1-2/h3-6,9,12-15,20,24,30H,7-8,10-11,16-19H2,1-2H3;2H2,1H3. The zero-order valence-corrected chi connectivity index (χ0v) is 28.2.